The lowest BCUT2D eigenvalue weighted by Crippen LogP contribution is -2.34. The quantitative estimate of drug-likeness (QED) is 0.818. The summed E-state index contributed by atoms with van der Waals surface area (Å²) in [6, 6.07) is 0.189. The summed E-state index contributed by atoms with van der Waals surface area (Å²) in [5.41, 5.74) is 5.59. The summed E-state index contributed by atoms with van der Waals surface area (Å²) >= 11 is 1.61. The second-order valence-electron chi connectivity index (χ2n) is 3.58. The van der Waals surface area contributed by atoms with Crippen LogP contribution >= 0.6 is 11.3 Å². The van der Waals surface area contributed by atoms with E-state index in [1.807, 2.05) is 5.38 Å². The van der Waals surface area contributed by atoms with Crippen LogP contribution in [0.1, 0.15) is 11.4 Å². The van der Waals surface area contributed by atoms with Gasteiger partial charge in [-0.2, -0.15) is 0 Å². The Bertz CT molecular complexity index is 278. The van der Waals surface area contributed by atoms with Crippen molar-refractivity contribution in [3.05, 3.63) is 16.6 Å². The second-order valence-corrected chi connectivity index (χ2v) is 4.56. The zero-order valence-electron chi connectivity index (χ0n) is 7.90. The molecule has 0 saturated carbocycles. The van der Waals surface area contributed by atoms with Gasteiger partial charge in [-0.25, -0.2) is 9.37 Å². The Morgan fingerprint density at radius 3 is 3.21 bits per heavy atom. The molecule has 5 heteroatoms. The number of rotatable bonds is 3. The number of halogens is 1. The fourth-order valence-corrected chi connectivity index (χ4v) is 2.51. The number of aromatic nitrogens is 1. The Balaban J connectivity index is 1.97. The number of nitrogens with zero attached hydrogens (tertiary/aromatic N) is 2. The summed E-state index contributed by atoms with van der Waals surface area (Å²) in [6.45, 7) is 1.77. The van der Waals surface area contributed by atoms with E-state index in [0.717, 1.165) is 11.6 Å². The van der Waals surface area contributed by atoms with Gasteiger partial charge in [0.05, 0.1) is 6.54 Å². The van der Waals surface area contributed by atoms with Gasteiger partial charge >= 0.3 is 0 Å². The van der Waals surface area contributed by atoms with Crippen molar-refractivity contribution in [1.29, 1.82) is 0 Å². The number of nitrogens with two attached hydrogens (primary N) is 1. The summed E-state index contributed by atoms with van der Waals surface area (Å²) in [4.78, 5) is 6.27. The van der Waals surface area contributed by atoms with Crippen LogP contribution in [0.4, 0.5) is 4.39 Å². The Morgan fingerprint density at radius 1 is 1.71 bits per heavy atom. The molecule has 2 atom stereocenters. The monoisotopic (exact) mass is 215 g/mol. The van der Waals surface area contributed by atoms with Crippen molar-refractivity contribution in [3.63, 3.8) is 0 Å². The molecule has 0 spiro atoms. The average molecular weight is 215 g/mol. The highest BCUT2D eigenvalue weighted by molar-refractivity contribution is 7.09. The maximum Gasteiger partial charge on any atom is 0.114 e. The molecule has 2 heterocycles. The standard InChI is InChI=1S/C9H14FN3S/c10-7-3-8(4-11)13(5-7)6-9-12-1-2-14-9/h1-2,7-8H,3-6,11H2/t7-,8+/m0/s1. The van der Waals surface area contributed by atoms with E-state index in [4.69, 9.17) is 5.73 Å². The van der Waals surface area contributed by atoms with Crippen LogP contribution in [0.5, 0.6) is 0 Å². The third-order valence-electron chi connectivity index (χ3n) is 2.57. The van der Waals surface area contributed by atoms with Crippen molar-refractivity contribution in [1.82, 2.24) is 9.88 Å². The maximum atomic E-state index is 13.1. The first kappa shape index (κ1) is 10.0. The lowest BCUT2D eigenvalue weighted by atomic mass is 10.2. The van der Waals surface area contributed by atoms with Crippen molar-refractivity contribution in [2.45, 2.75) is 25.2 Å². The number of hydrogen-bond acceptors (Lipinski definition) is 4. The van der Waals surface area contributed by atoms with Gasteiger partial charge in [-0.3, -0.25) is 4.90 Å². The predicted molar refractivity (Wildman–Crippen MR) is 54.9 cm³/mol. The molecule has 1 aromatic rings. The van der Waals surface area contributed by atoms with Crippen LogP contribution in [-0.2, 0) is 6.54 Å². The van der Waals surface area contributed by atoms with Crippen molar-refractivity contribution >= 4 is 11.3 Å². The van der Waals surface area contributed by atoms with Crippen LogP contribution < -0.4 is 5.73 Å². The van der Waals surface area contributed by atoms with Gasteiger partial charge in [-0.05, 0) is 6.42 Å². The lowest BCUT2D eigenvalue weighted by Gasteiger charge is -2.20. The summed E-state index contributed by atoms with van der Waals surface area (Å²) in [6.07, 6.45) is 1.63. The summed E-state index contributed by atoms with van der Waals surface area (Å²) in [5.74, 6) is 0. The van der Waals surface area contributed by atoms with Gasteiger partial charge in [-0.15, -0.1) is 11.3 Å². The highest BCUT2D eigenvalue weighted by atomic mass is 32.1. The Labute approximate surface area is 86.7 Å². The van der Waals surface area contributed by atoms with Gasteiger partial charge < -0.3 is 5.73 Å². The lowest BCUT2D eigenvalue weighted by molar-refractivity contribution is 0.238. The molecule has 0 bridgehead atoms. The fraction of sp³-hybridized carbons (Fsp3) is 0.667. The number of thiazole rings is 1. The van der Waals surface area contributed by atoms with Gasteiger partial charge in [0.1, 0.15) is 11.2 Å². The molecule has 78 valence electrons. The first-order chi connectivity index (χ1) is 6.79. The molecule has 1 aromatic heterocycles. The minimum atomic E-state index is -0.719. The molecule has 0 radical (unpaired) electrons. The topological polar surface area (TPSA) is 42.1 Å². The molecule has 1 fully saturated rings. The third kappa shape index (κ3) is 2.10. The van der Waals surface area contributed by atoms with E-state index in [1.54, 1.807) is 17.5 Å². The summed E-state index contributed by atoms with van der Waals surface area (Å²) in [5, 5.41) is 2.98. The van der Waals surface area contributed by atoms with Gasteiger partial charge in [0, 0.05) is 30.7 Å². The maximum absolute atomic E-state index is 13.1. The van der Waals surface area contributed by atoms with E-state index in [-0.39, 0.29) is 6.04 Å². The summed E-state index contributed by atoms with van der Waals surface area (Å²) in [7, 11) is 0. The molecule has 0 aliphatic carbocycles. The molecule has 2 N–H and O–H groups in total. The zero-order chi connectivity index (χ0) is 9.97. The molecule has 1 saturated heterocycles. The van der Waals surface area contributed by atoms with Crippen molar-refractivity contribution in [2.24, 2.45) is 5.73 Å². The van der Waals surface area contributed by atoms with Crippen LogP contribution in [0.3, 0.4) is 0 Å². The Morgan fingerprint density at radius 2 is 2.57 bits per heavy atom. The van der Waals surface area contributed by atoms with Crippen LogP contribution in [-0.4, -0.2) is 35.2 Å². The Kier molecular flexibility index (Phi) is 3.10. The highest BCUT2D eigenvalue weighted by Gasteiger charge is 2.31. The van der Waals surface area contributed by atoms with E-state index in [0.29, 0.717) is 19.5 Å². The first-order valence-electron chi connectivity index (χ1n) is 4.76. The van der Waals surface area contributed by atoms with E-state index in [2.05, 4.69) is 9.88 Å². The van der Waals surface area contributed by atoms with Crippen LogP contribution in [0, 0.1) is 0 Å². The fourth-order valence-electron chi connectivity index (χ4n) is 1.87. The SMILES string of the molecule is NC[C@H]1C[C@H](F)CN1Cc1nccs1. The molecule has 0 aromatic carbocycles. The van der Waals surface area contributed by atoms with Crippen molar-refractivity contribution in [2.75, 3.05) is 13.1 Å². The molecule has 0 amide bonds. The second kappa shape index (κ2) is 4.33. The highest BCUT2D eigenvalue weighted by Crippen LogP contribution is 2.22. The molecule has 0 unspecified atom stereocenters. The van der Waals surface area contributed by atoms with Gasteiger partial charge in [0.25, 0.3) is 0 Å². The van der Waals surface area contributed by atoms with Crippen molar-refractivity contribution in [3.8, 4) is 0 Å². The minimum absolute atomic E-state index is 0.189. The molecular formula is C9H14FN3S. The van der Waals surface area contributed by atoms with Gasteiger partial charge in [0.15, 0.2) is 0 Å². The molecule has 1 aliphatic rings. The molecular weight excluding hydrogens is 201 g/mol. The normalized spacial score (nSPS) is 28.4. The summed E-state index contributed by atoms with van der Waals surface area (Å²) < 4.78 is 13.1. The van der Waals surface area contributed by atoms with Crippen LogP contribution in [0.2, 0.25) is 0 Å². The molecule has 3 nitrogen and oxygen atoms in total. The van der Waals surface area contributed by atoms with Gasteiger partial charge in [0.2, 0.25) is 0 Å². The van der Waals surface area contributed by atoms with E-state index >= 15 is 0 Å². The van der Waals surface area contributed by atoms with Crippen LogP contribution in [0.15, 0.2) is 11.6 Å². The molecule has 2 rings (SSSR count). The first-order valence-corrected chi connectivity index (χ1v) is 5.64. The molecule has 1 aliphatic heterocycles. The van der Waals surface area contributed by atoms with Crippen molar-refractivity contribution < 1.29 is 4.39 Å². The largest absolute Gasteiger partial charge is 0.329 e. The predicted octanol–water partition coefficient (Wildman–Crippen LogP) is 1.01. The number of likely N-dealkylation sites (tertiary alicyclic amines) is 1. The van der Waals surface area contributed by atoms with E-state index < -0.39 is 6.17 Å². The zero-order valence-corrected chi connectivity index (χ0v) is 8.71. The molecule has 14 heavy (non-hydrogen) atoms. The van der Waals surface area contributed by atoms with Gasteiger partial charge in [-0.1, -0.05) is 0 Å². The number of hydrogen-bond donors (Lipinski definition) is 1. The Hall–Kier alpha value is -0.520. The van der Waals surface area contributed by atoms with E-state index in [9.17, 15) is 4.39 Å². The van der Waals surface area contributed by atoms with Crippen LogP contribution in [0.25, 0.3) is 0 Å². The van der Waals surface area contributed by atoms with E-state index in [1.165, 1.54) is 0 Å². The number of alkyl halides is 1. The average Bonchev–Trinajstić information content (AvgIpc) is 2.76. The third-order valence-corrected chi connectivity index (χ3v) is 3.34. The minimum Gasteiger partial charge on any atom is -0.329 e. The smallest absolute Gasteiger partial charge is 0.114 e.